The Bertz CT molecular complexity index is 176. The summed E-state index contributed by atoms with van der Waals surface area (Å²) >= 11 is 0. The summed E-state index contributed by atoms with van der Waals surface area (Å²) in [6.45, 7) is 3.35. The second-order valence-electron chi connectivity index (χ2n) is 4.39. The molecule has 0 spiro atoms. The Morgan fingerprint density at radius 1 is 1.43 bits per heavy atom. The molecule has 0 aromatic heterocycles. The van der Waals surface area contributed by atoms with Crippen molar-refractivity contribution in [2.45, 2.75) is 25.4 Å². The van der Waals surface area contributed by atoms with Crippen molar-refractivity contribution in [2.24, 2.45) is 5.41 Å². The van der Waals surface area contributed by atoms with Gasteiger partial charge in [-0.25, -0.2) is 0 Å². The van der Waals surface area contributed by atoms with Crippen LogP contribution < -0.4 is 5.32 Å². The zero-order chi connectivity index (χ0) is 9.86. The van der Waals surface area contributed by atoms with E-state index in [0.717, 1.165) is 39.0 Å². The van der Waals surface area contributed by atoms with Gasteiger partial charge in [-0.05, 0) is 19.3 Å². The molecule has 0 aromatic carbocycles. The first kappa shape index (κ1) is 10.4. The lowest BCUT2D eigenvalue weighted by molar-refractivity contribution is -0.137. The molecule has 0 amide bonds. The maximum Gasteiger partial charge on any atom is 0.147 e. The van der Waals surface area contributed by atoms with Crippen LogP contribution in [0.4, 0.5) is 0 Å². The molecule has 0 aromatic rings. The third-order valence-corrected chi connectivity index (χ3v) is 3.14. The Balaban J connectivity index is 1.58. The number of aliphatic hydroxyl groups excluding tert-OH is 1. The summed E-state index contributed by atoms with van der Waals surface area (Å²) in [4.78, 5) is 0. The molecule has 2 fully saturated rings. The summed E-state index contributed by atoms with van der Waals surface area (Å²) in [6.07, 6.45) is 3.58. The van der Waals surface area contributed by atoms with Gasteiger partial charge in [-0.1, -0.05) is 0 Å². The van der Waals surface area contributed by atoms with Gasteiger partial charge in [0.05, 0.1) is 12.7 Å². The number of ether oxygens (including phenoxy) is 2. The van der Waals surface area contributed by atoms with Crippen molar-refractivity contribution in [1.29, 1.82) is 0 Å². The molecule has 0 bridgehead atoms. The van der Waals surface area contributed by atoms with E-state index in [1.165, 1.54) is 0 Å². The average molecular weight is 201 g/mol. The molecule has 1 saturated carbocycles. The van der Waals surface area contributed by atoms with Crippen molar-refractivity contribution in [3.05, 3.63) is 0 Å². The smallest absolute Gasteiger partial charge is 0.147 e. The molecular formula is C10H19NO3. The molecule has 1 aliphatic heterocycles. The lowest BCUT2D eigenvalue weighted by Crippen LogP contribution is -2.37. The maximum absolute atomic E-state index is 9.10. The lowest BCUT2D eigenvalue weighted by Gasteiger charge is -2.24. The van der Waals surface area contributed by atoms with E-state index in [0.29, 0.717) is 19.5 Å². The highest BCUT2D eigenvalue weighted by Crippen LogP contribution is 2.44. The van der Waals surface area contributed by atoms with Gasteiger partial charge in [-0.3, -0.25) is 0 Å². The van der Waals surface area contributed by atoms with Crippen LogP contribution in [-0.4, -0.2) is 44.3 Å². The fraction of sp³-hybridized carbons (Fsp3) is 1.00. The summed E-state index contributed by atoms with van der Waals surface area (Å²) in [6, 6.07) is 0. The van der Waals surface area contributed by atoms with Crippen LogP contribution in [-0.2, 0) is 9.47 Å². The Hall–Kier alpha value is -0.160. The highest BCUT2D eigenvalue weighted by molar-refractivity contribution is 4.94. The van der Waals surface area contributed by atoms with Gasteiger partial charge in [0.25, 0.3) is 0 Å². The maximum atomic E-state index is 9.10. The van der Waals surface area contributed by atoms with Crippen LogP contribution in [0.2, 0.25) is 0 Å². The molecule has 82 valence electrons. The molecule has 4 nitrogen and oxygen atoms in total. The van der Waals surface area contributed by atoms with Crippen molar-refractivity contribution in [1.82, 2.24) is 5.32 Å². The van der Waals surface area contributed by atoms with Crippen molar-refractivity contribution < 1.29 is 14.6 Å². The van der Waals surface area contributed by atoms with Gasteiger partial charge in [0.1, 0.15) is 6.79 Å². The minimum absolute atomic E-state index is 0.200. The standard InChI is InChI=1S/C10H19NO3/c12-7-10(2-3-10)6-11-5-9-1-4-13-8-14-9/h9,11-12H,1-8H2. The van der Waals surface area contributed by atoms with Crippen molar-refractivity contribution in [2.75, 3.05) is 33.1 Å². The largest absolute Gasteiger partial charge is 0.396 e. The van der Waals surface area contributed by atoms with Crippen molar-refractivity contribution in [3.63, 3.8) is 0 Å². The summed E-state index contributed by atoms with van der Waals surface area (Å²) in [5, 5.41) is 12.5. The highest BCUT2D eigenvalue weighted by atomic mass is 16.7. The van der Waals surface area contributed by atoms with E-state index < -0.39 is 0 Å². The summed E-state index contributed by atoms with van der Waals surface area (Å²) in [5.41, 5.74) is 0.200. The number of aliphatic hydroxyl groups is 1. The van der Waals surface area contributed by atoms with Gasteiger partial charge < -0.3 is 19.9 Å². The number of hydrogen-bond acceptors (Lipinski definition) is 4. The van der Waals surface area contributed by atoms with E-state index >= 15 is 0 Å². The third-order valence-electron chi connectivity index (χ3n) is 3.14. The topological polar surface area (TPSA) is 50.7 Å². The van der Waals surface area contributed by atoms with Crippen LogP contribution in [0.5, 0.6) is 0 Å². The van der Waals surface area contributed by atoms with Crippen LogP contribution in [0.15, 0.2) is 0 Å². The fourth-order valence-electron chi connectivity index (χ4n) is 1.73. The lowest BCUT2D eigenvalue weighted by atomic mass is 10.1. The van der Waals surface area contributed by atoms with E-state index in [1.54, 1.807) is 0 Å². The van der Waals surface area contributed by atoms with Crippen molar-refractivity contribution in [3.8, 4) is 0 Å². The predicted octanol–water partition coefficient (Wildman–Crippen LogP) is 0.111. The molecule has 2 N–H and O–H groups in total. The molecular weight excluding hydrogens is 182 g/mol. The molecule has 1 unspecified atom stereocenters. The normalized spacial score (nSPS) is 30.2. The summed E-state index contributed by atoms with van der Waals surface area (Å²) in [7, 11) is 0. The van der Waals surface area contributed by atoms with Gasteiger partial charge in [0.2, 0.25) is 0 Å². The molecule has 2 aliphatic rings. The first-order valence-corrected chi connectivity index (χ1v) is 5.36. The first-order valence-electron chi connectivity index (χ1n) is 5.36. The molecule has 2 rings (SSSR count). The van der Waals surface area contributed by atoms with Crippen LogP contribution in [0.1, 0.15) is 19.3 Å². The molecule has 1 atom stereocenters. The van der Waals surface area contributed by atoms with Gasteiger partial charge in [-0.2, -0.15) is 0 Å². The Kier molecular flexibility index (Phi) is 3.38. The first-order chi connectivity index (χ1) is 6.85. The number of hydrogen-bond donors (Lipinski definition) is 2. The van der Waals surface area contributed by atoms with E-state index in [4.69, 9.17) is 14.6 Å². The van der Waals surface area contributed by atoms with E-state index in [2.05, 4.69) is 5.32 Å². The zero-order valence-corrected chi connectivity index (χ0v) is 8.50. The number of rotatable bonds is 5. The van der Waals surface area contributed by atoms with Gasteiger partial charge >= 0.3 is 0 Å². The molecule has 1 saturated heterocycles. The second kappa shape index (κ2) is 4.57. The summed E-state index contributed by atoms with van der Waals surface area (Å²) in [5.74, 6) is 0. The number of nitrogens with one attached hydrogen (secondary N) is 1. The average Bonchev–Trinajstić information content (AvgIpc) is 3.00. The van der Waals surface area contributed by atoms with Gasteiger partial charge in [0, 0.05) is 25.1 Å². The predicted molar refractivity (Wildman–Crippen MR) is 51.9 cm³/mol. The van der Waals surface area contributed by atoms with Crippen LogP contribution in [0, 0.1) is 5.41 Å². The molecule has 1 heterocycles. The van der Waals surface area contributed by atoms with E-state index in [1.807, 2.05) is 0 Å². The van der Waals surface area contributed by atoms with Crippen LogP contribution in [0.3, 0.4) is 0 Å². The van der Waals surface area contributed by atoms with Gasteiger partial charge in [0.15, 0.2) is 0 Å². The fourth-order valence-corrected chi connectivity index (χ4v) is 1.73. The minimum atomic E-state index is 0.200. The Morgan fingerprint density at radius 3 is 2.86 bits per heavy atom. The second-order valence-corrected chi connectivity index (χ2v) is 4.39. The highest BCUT2D eigenvalue weighted by Gasteiger charge is 2.41. The minimum Gasteiger partial charge on any atom is -0.396 e. The van der Waals surface area contributed by atoms with E-state index in [-0.39, 0.29) is 5.41 Å². The Labute approximate surface area is 84.6 Å². The monoisotopic (exact) mass is 201 g/mol. The van der Waals surface area contributed by atoms with Crippen LogP contribution >= 0.6 is 0 Å². The SMILES string of the molecule is OCC1(CNCC2CCOCO2)CC1. The molecule has 0 radical (unpaired) electrons. The van der Waals surface area contributed by atoms with E-state index in [9.17, 15) is 0 Å². The third kappa shape index (κ3) is 2.67. The van der Waals surface area contributed by atoms with Gasteiger partial charge in [-0.15, -0.1) is 0 Å². The van der Waals surface area contributed by atoms with Crippen LogP contribution in [0.25, 0.3) is 0 Å². The Morgan fingerprint density at radius 2 is 2.29 bits per heavy atom. The summed E-state index contributed by atoms with van der Waals surface area (Å²) < 4.78 is 10.5. The molecule has 4 heteroatoms. The molecule has 14 heavy (non-hydrogen) atoms. The van der Waals surface area contributed by atoms with Crippen molar-refractivity contribution >= 4 is 0 Å². The molecule has 1 aliphatic carbocycles. The zero-order valence-electron chi connectivity index (χ0n) is 8.50. The quantitative estimate of drug-likeness (QED) is 0.663.